The van der Waals surface area contributed by atoms with E-state index in [0.29, 0.717) is 27.9 Å². The molecule has 35 heavy (non-hydrogen) atoms. The van der Waals surface area contributed by atoms with Crippen LogP contribution in [-0.4, -0.2) is 40.8 Å². The molecule has 0 bridgehead atoms. The fourth-order valence-electron chi connectivity index (χ4n) is 3.52. The molecule has 0 aliphatic carbocycles. The van der Waals surface area contributed by atoms with Crippen molar-refractivity contribution in [3.8, 4) is 5.75 Å². The van der Waals surface area contributed by atoms with E-state index < -0.39 is 11.1 Å². The highest BCUT2D eigenvalue weighted by atomic mass is 32.2. The molecule has 6 nitrogen and oxygen atoms in total. The fourth-order valence-corrected chi connectivity index (χ4v) is 4.64. The summed E-state index contributed by atoms with van der Waals surface area (Å²) in [5.41, 5.74) is 1.49. The first-order chi connectivity index (χ1) is 16.9. The Balaban J connectivity index is 1.54. The van der Waals surface area contributed by atoms with Crippen molar-refractivity contribution in [3.05, 3.63) is 90.0 Å². The number of nitrogens with zero attached hydrogens (tertiary/aromatic N) is 2. The van der Waals surface area contributed by atoms with Gasteiger partial charge < -0.3 is 10.1 Å². The average molecular weight is 496 g/mol. The van der Waals surface area contributed by atoms with E-state index >= 15 is 0 Å². The highest BCUT2D eigenvalue weighted by Gasteiger charge is 2.36. The zero-order valence-electron chi connectivity index (χ0n) is 18.9. The Morgan fingerprint density at radius 2 is 1.80 bits per heavy atom. The molecule has 1 N–H and O–H groups in total. The first-order valence-electron chi connectivity index (χ1n) is 10.9. The van der Waals surface area contributed by atoms with E-state index in [4.69, 9.17) is 4.74 Å². The first kappa shape index (κ1) is 24.4. The third-order valence-electron chi connectivity index (χ3n) is 5.40. The van der Waals surface area contributed by atoms with Crippen LogP contribution < -0.4 is 10.1 Å². The van der Waals surface area contributed by atoms with E-state index in [2.05, 4.69) is 10.3 Å². The SMILES string of the molecule is COc1ccc(NC(=O)C2CC(=O)N(CCc3ccccc3F)C(=Nc3ccc(F)cc3)S2)cc1. The van der Waals surface area contributed by atoms with Crippen LogP contribution in [0.1, 0.15) is 12.0 Å². The predicted molar refractivity (Wildman–Crippen MR) is 133 cm³/mol. The van der Waals surface area contributed by atoms with Crippen molar-refractivity contribution in [1.29, 1.82) is 0 Å². The molecule has 0 spiro atoms. The zero-order valence-corrected chi connectivity index (χ0v) is 19.7. The van der Waals surface area contributed by atoms with Gasteiger partial charge in [-0.3, -0.25) is 14.5 Å². The molecule has 4 rings (SSSR count). The van der Waals surface area contributed by atoms with Crippen molar-refractivity contribution >= 4 is 40.1 Å². The van der Waals surface area contributed by atoms with Gasteiger partial charge >= 0.3 is 0 Å². The van der Waals surface area contributed by atoms with Crippen molar-refractivity contribution in [1.82, 2.24) is 4.90 Å². The summed E-state index contributed by atoms with van der Waals surface area (Å²) in [6, 6.07) is 18.8. The zero-order chi connectivity index (χ0) is 24.8. The first-order valence-corrected chi connectivity index (χ1v) is 11.8. The number of thioether (sulfide) groups is 1. The summed E-state index contributed by atoms with van der Waals surface area (Å²) >= 11 is 1.15. The van der Waals surface area contributed by atoms with Gasteiger partial charge in [0.2, 0.25) is 11.8 Å². The normalized spacial score (nSPS) is 16.9. The van der Waals surface area contributed by atoms with Gasteiger partial charge in [-0.15, -0.1) is 0 Å². The Kier molecular flexibility index (Phi) is 7.77. The molecular formula is C26H23F2N3O3S. The van der Waals surface area contributed by atoms with E-state index in [1.165, 1.54) is 35.2 Å². The summed E-state index contributed by atoms with van der Waals surface area (Å²) in [6.07, 6.45) is 0.247. The Morgan fingerprint density at radius 1 is 1.09 bits per heavy atom. The minimum Gasteiger partial charge on any atom is -0.497 e. The quantitative estimate of drug-likeness (QED) is 0.491. The molecule has 3 aromatic carbocycles. The lowest BCUT2D eigenvalue weighted by Crippen LogP contribution is -2.46. The number of amides is 2. The lowest BCUT2D eigenvalue weighted by atomic mass is 10.1. The number of aliphatic imine (C=N–C) groups is 1. The number of methoxy groups -OCH3 is 1. The largest absolute Gasteiger partial charge is 0.497 e. The van der Waals surface area contributed by atoms with Crippen molar-refractivity contribution in [2.24, 2.45) is 4.99 Å². The molecule has 0 aromatic heterocycles. The van der Waals surface area contributed by atoms with Crippen molar-refractivity contribution in [3.63, 3.8) is 0 Å². The number of nitrogens with one attached hydrogen (secondary N) is 1. The number of carbonyl (C=O) groups is 2. The molecule has 1 atom stereocenters. The van der Waals surface area contributed by atoms with Gasteiger partial charge in [-0.25, -0.2) is 13.8 Å². The third kappa shape index (κ3) is 6.24. The number of hydrogen-bond donors (Lipinski definition) is 1. The van der Waals surface area contributed by atoms with Crippen LogP contribution in [0.3, 0.4) is 0 Å². The van der Waals surface area contributed by atoms with Gasteiger partial charge in [-0.2, -0.15) is 0 Å². The molecule has 2 amide bonds. The number of benzene rings is 3. The molecule has 0 radical (unpaired) electrons. The molecular weight excluding hydrogens is 472 g/mol. The van der Waals surface area contributed by atoms with Crippen LogP contribution in [0.5, 0.6) is 5.75 Å². The number of halogens is 2. The summed E-state index contributed by atoms with van der Waals surface area (Å²) in [5, 5.41) is 2.41. The van der Waals surface area contributed by atoms with Crippen LogP contribution >= 0.6 is 11.8 Å². The van der Waals surface area contributed by atoms with Gasteiger partial charge in [0.15, 0.2) is 5.17 Å². The van der Waals surface area contributed by atoms with E-state index in [0.717, 1.165) is 11.8 Å². The summed E-state index contributed by atoms with van der Waals surface area (Å²) in [4.78, 5) is 32.0. The molecule has 9 heteroatoms. The lowest BCUT2D eigenvalue weighted by Gasteiger charge is -2.32. The molecule has 1 unspecified atom stereocenters. The smallest absolute Gasteiger partial charge is 0.238 e. The van der Waals surface area contributed by atoms with Crippen LogP contribution in [0.4, 0.5) is 20.2 Å². The topological polar surface area (TPSA) is 71.0 Å². The predicted octanol–water partition coefficient (Wildman–Crippen LogP) is 5.18. The number of carbonyl (C=O) groups excluding carboxylic acids is 2. The Labute approximate surface area is 206 Å². The fraction of sp³-hybridized carbons (Fsp3) is 0.192. The van der Waals surface area contributed by atoms with Crippen molar-refractivity contribution in [2.45, 2.75) is 18.1 Å². The molecule has 1 aliphatic heterocycles. The van der Waals surface area contributed by atoms with E-state index in [9.17, 15) is 18.4 Å². The number of ether oxygens (including phenoxy) is 1. The van der Waals surface area contributed by atoms with Gasteiger partial charge in [0.1, 0.15) is 22.6 Å². The van der Waals surface area contributed by atoms with Crippen LogP contribution in [0.2, 0.25) is 0 Å². The number of rotatable bonds is 7. The number of anilines is 1. The van der Waals surface area contributed by atoms with Crippen molar-refractivity contribution in [2.75, 3.05) is 19.0 Å². The Bertz CT molecular complexity index is 1230. The van der Waals surface area contributed by atoms with Crippen LogP contribution in [0.25, 0.3) is 0 Å². The van der Waals surface area contributed by atoms with Gasteiger partial charge in [0.25, 0.3) is 0 Å². The maximum atomic E-state index is 14.1. The summed E-state index contributed by atoms with van der Waals surface area (Å²) < 4.78 is 32.6. The molecule has 0 saturated carbocycles. The van der Waals surface area contributed by atoms with Crippen LogP contribution in [-0.2, 0) is 16.0 Å². The third-order valence-corrected chi connectivity index (χ3v) is 6.59. The van der Waals surface area contributed by atoms with Crippen LogP contribution in [0.15, 0.2) is 77.8 Å². The summed E-state index contributed by atoms with van der Waals surface area (Å²) in [7, 11) is 1.55. The standard InChI is InChI=1S/C26H23F2N3O3S/c1-34-21-12-10-19(11-13-21)29-25(33)23-16-24(32)31(15-14-17-4-2-3-5-22(17)28)26(35-23)30-20-8-6-18(27)7-9-20/h2-13,23H,14-16H2,1H3,(H,29,33). The average Bonchev–Trinajstić information content (AvgIpc) is 2.86. The van der Waals surface area contributed by atoms with E-state index in [-0.39, 0.29) is 37.0 Å². The van der Waals surface area contributed by atoms with Gasteiger partial charge in [-0.05, 0) is 66.6 Å². The second-order valence-electron chi connectivity index (χ2n) is 7.79. The second-order valence-corrected chi connectivity index (χ2v) is 8.96. The Hall–Kier alpha value is -3.72. The molecule has 3 aromatic rings. The number of hydrogen-bond acceptors (Lipinski definition) is 5. The van der Waals surface area contributed by atoms with Gasteiger partial charge in [0.05, 0.1) is 12.8 Å². The molecule has 1 fully saturated rings. The maximum absolute atomic E-state index is 14.1. The van der Waals surface area contributed by atoms with Crippen LogP contribution in [0, 0.1) is 11.6 Å². The summed E-state index contributed by atoms with van der Waals surface area (Å²) in [6.45, 7) is 0.194. The minimum atomic E-state index is -0.714. The second kappa shape index (κ2) is 11.1. The molecule has 1 heterocycles. The number of amidine groups is 1. The minimum absolute atomic E-state index is 0.0354. The van der Waals surface area contributed by atoms with Gasteiger partial charge in [-0.1, -0.05) is 30.0 Å². The highest BCUT2D eigenvalue weighted by molar-refractivity contribution is 8.15. The summed E-state index contributed by atoms with van der Waals surface area (Å²) in [5.74, 6) is -0.734. The van der Waals surface area contributed by atoms with E-state index in [1.54, 1.807) is 49.6 Å². The molecule has 1 aliphatic rings. The molecule has 180 valence electrons. The highest BCUT2D eigenvalue weighted by Crippen LogP contribution is 2.30. The molecule has 1 saturated heterocycles. The lowest BCUT2D eigenvalue weighted by molar-refractivity contribution is -0.129. The Morgan fingerprint density at radius 3 is 2.49 bits per heavy atom. The monoisotopic (exact) mass is 495 g/mol. The maximum Gasteiger partial charge on any atom is 0.238 e. The van der Waals surface area contributed by atoms with E-state index in [1.807, 2.05) is 0 Å². The van der Waals surface area contributed by atoms with Gasteiger partial charge in [0, 0.05) is 18.7 Å². The van der Waals surface area contributed by atoms with Crippen molar-refractivity contribution < 1.29 is 23.1 Å².